The second-order valence-electron chi connectivity index (χ2n) is 5.10. The lowest BCUT2D eigenvalue weighted by atomic mass is 10.2. The van der Waals surface area contributed by atoms with Gasteiger partial charge in [-0.15, -0.1) is 24.0 Å². The SMILES string of the molecule is CN=C(NCc1ccc(OC)cc1OC(F)F)NCC1CC1.I. The fourth-order valence-corrected chi connectivity index (χ4v) is 1.98. The van der Waals surface area contributed by atoms with E-state index in [0.29, 0.717) is 23.8 Å². The maximum absolute atomic E-state index is 12.5. The molecule has 8 heteroatoms. The van der Waals surface area contributed by atoms with Crippen LogP contribution in [0.15, 0.2) is 23.2 Å². The highest BCUT2D eigenvalue weighted by atomic mass is 127. The van der Waals surface area contributed by atoms with Gasteiger partial charge in [-0.25, -0.2) is 0 Å². The summed E-state index contributed by atoms with van der Waals surface area (Å²) in [6, 6.07) is 4.84. The summed E-state index contributed by atoms with van der Waals surface area (Å²) in [5.74, 6) is 1.93. The number of hydrogen-bond acceptors (Lipinski definition) is 3. The van der Waals surface area contributed by atoms with Crippen LogP contribution in [-0.4, -0.2) is 33.3 Å². The first-order chi connectivity index (χ1) is 10.6. The van der Waals surface area contributed by atoms with Gasteiger partial charge >= 0.3 is 6.61 Å². The third-order valence-electron chi connectivity index (χ3n) is 3.42. The number of nitrogens with one attached hydrogen (secondary N) is 2. The van der Waals surface area contributed by atoms with Gasteiger partial charge in [-0.3, -0.25) is 4.99 Å². The molecule has 1 aliphatic rings. The molecule has 1 aromatic rings. The summed E-state index contributed by atoms with van der Waals surface area (Å²) >= 11 is 0. The molecule has 0 atom stereocenters. The number of rotatable bonds is 7. The average molecular weight is 441 g/mol. The Labute approximate surface area is 151 Å². The van der Waals surface area contributed by atoms with E-state index in [0.717, 1.165) is 12.5 Å². The molecule has 2 rings (SSSR count). The molecule has 0 heterocycles. The number of alkyl halides is 2. The fourth-order valence-electron chi connectivity index (χ4n) is 1.98. The third-order valence-corrected chi connectivity index (χ3v) is 3.42. The zero-order valence-electron chi connectivity index (χ0n) is 13.1. The predicted molar refractivity (Wildman–Crippen MR) is 96.0 cm³/mol. The number of hydrogen-bond donors (Lipinski definition) is 2. The van der Waals surface area contributed by atoms with E-state index in [9.17, 15) is 8.78 Å². The van der Waals surface area contributed by atoms with Crippen molar-refractivity contribution in [3.8, 4) is 11.5 Å². The van der Waals surface area contributed by atoms with Crippen LogP contribution in [0.3, 0.4) is 0 Å². The topological polar surface area (TPSA) is 54.9 Å². The monoisotopic (exact) mass is 441 g/mol. The summed E-state index contributed by atoms with van der Waals surface area (Å²) < 4.78 is 34.6. The molecule has 0 aliphatic heterocycles. The van der Waals surface area contributed by atoms with Gasteiger partial charge in [0.05, 0.1) is 7.11 Å². The van der Waals surface area contributed by atoms with E-state index < -0.39 is 6.61 Å². The highest BCUT2D eigenvalue weighted by molar-refractivity contribution is 14.0. The Balaban J connectivity index is 0.00000264. The molecule has 1 aliphatic carbocycles. The molecule has 2 N–H and O–H groups in total. The van der Waals surface area contributed by atoms with Gasteiger partial charge in [-0.1, -0.05) is 0 Å². The molecular weight excluding hydrogens is 419 g/mol. The van der Waals surface area contributed by atoms with Crippen molar-refractivity contribution in [2.45, 2.75) is 26.0 Å². The molecule has 0 unspecified atom stereocenters. The Morgan fingerprint density at radius 1 is 1.35 bits per heavy atom. The first-order valence-corrected chi connectivity index (χ1v) is 7.18. The van der Waals surface area contributed by atoms with Crippen LogP contribution in [0.25, 0.3) is 0 Å². The number of guanidine groups is 1. The number of halogens is 3. The van der Waals surface area contributed by atoms with Crippen molar-refractivity contribution in [2.24, 2.45) is 10.9 Å². The Morgan fingerprint density at radius 2 is 2.09 bits per heavy atom. The number of ether oxygens (including phenoxy) is 2. The van der Waals surface area contributed by atoms with E-state index in [4.69, 9.17) is 4.74 Å². The summed E-state index contributed by atoms with van der Waals surface area (Å²) in [7, 11) is 3.15. The van der Waals surface area contributed by atoms with Crippen LogP contribution >= 0.6 is 24.0 Å². The van der Waals surface area contributed by atoms with Crippen molar-refractivity contribution in [1.82, 2.24) is 10.6 Å². The number of aliphatic imine (C=N–C) groups is 1. The van der Waals surface area contributed by atoms with Gasteiger partial charge in [-0.2, -0.15) is 8.78 Å². The van der Waals surface area contributed by atoms with Gasteiger partial charge in [0.1, 0.15) is 11.5 Å². The maximum Gasteiger partial charge on any atom is 0.387 e. The fraction of sp³-hybridized carbons (Fsp3) is 0.533. The van der Waals surface area contributed by atoms with Gasteiger partial charge in [0.2, 0.25) is 0 Å². The lowest BCUT2D eigenvalue weighted by Gasteiger charge is -2.15. The Bertz CT molecular complexity index is 525. The van der Waals surface area contributed by atoms with Gasteiger partial charge in [-0.05, 0) is 30.9 Å². The standard InChI is InChI=1S/C15H21F2N3O2.HI/c1-18-15(19-8-10-3-4-10)20-9-11-5-6-12(21-2)7-13(11)22-14(16)17;/h5-7,10,14H,3-4,8-9H2,1-2H3,(H2,18,19,20);1H. The highest BCUT2D eigenvalue weighted by Gasteiger charge is 2.21. The van der Waals surface area contributed by atoms with E-state index in [1.54, 1.807) is 19.2 Å². The second-order valence-corrected chi connectivity index (χ2v) is 5.10. The number of nitrogens with zero attached hydrogens (tertiary/aromatic N) is 1. The maximum atomic E-state index is 12.5. The second kappa shape index (κ2) is 9.74. The molecule has 130 valence electrons. The summed E-state index contributed by atoms with van der Waals surface area (Å²) in [5.41, 5.74) is 0.607. The molecule has 1 aromatic carbocycles. The van der Waals surface area contributed by atoms with E-state index in [1.165, 1.54) is 26.0 Å². The largest absolute Gasteiger partial charge is 0.497 e. The smallest absolute Gasteiger partial charge is 0.387 e. The zero-order valence-corrected chi connectivity index (χ0v) is 15.5. The molecular formula is C15H22F2IN3O2. The molecule has 0 radical (unpaired) electrons. The average Bonchev–Trinajstić information content (AvgIpc) is 3.32. The van der Waals surface area contributed by atoms with Crippen molar-refractivity contribution in [3.05, 3.63) is 23.8 Å². The molecule has 5 nitrogen and oxygen atoms in total. The molecule has 0 spiro atoms. The van der Waals surface area contributed by atoms with Crippen molar-refractivity contribution < 1.29 is 18.3 Å². The van der Waals surface area contributed by atoms with Crippen LogP contribution in [0.4, 0.5) is 8.78 Å². The Morgan fingerprint density at radius 3 is 2.65 bits per heavy atom. The van der Waals surface area contributed by atoms with Gasteiger partial charge < -0.3 is 20.1 Å². The summed E-state index contributed by atoms with van der Waals surface area (Å²) in [6.07, 6.45) is 2.49. The summed E-state index contributed by atoms with van der Waals surface area (Å²) in [6.45, 7) is -1.67. The van der Waals surface area contributed by atoms with Crippen molar-refractivity contribution in [1.29, 1.82) is 0 Å². The molecule has 0 aromatic heterocycles. The summed E-state index contributed by atoms with van der Waals surface area (Å²) in [4.78, 5) is 4.11. The molecule has 0 amide bonds. The van der Waals surface area contributed by atoms with E-state index in [-0.39, 0.29) is 29.7 Å². The number of methoxy groups -OCH3 is 1. The lowest BCUT2D eigenvalue weighted by Crippen LogP contribution is -2.37. The highest BCUT2D eigenvalue weighted by Crippen LogP contribution is 2.28. The number of benzene rings is 1. The molecule has 23 heavy (non-hydrogen) atoms. The van der Waals surface area contributed by atoms with Crippen LogP contribution in [-0.2, 0) is 6.54 Å². The minimum absolute atomic E-state index is 0. The minimum Gasteiger partial charge on any atom is -0.497 e. The summed E-state index contributed by atoms with van der Waals surface area (Å²) in [5, 5.41) is 6.30. The normalized spacial score (nSPS) is 14.2. The van der Waals surface area contributed by atoms with Crippen molar-refractivity contribution in [3.63, 3.8) is 0 Å². The van der Waals surface area contributed by atoms with Crippen molar-refractivity contribution >= 4 is 29.9 Å². The van der Waals surface area contributed by atoms with Crippen LogP contribution in [0.2, 0.25) is 0 Å². The van der Waals surface area contributed by atoms with Crippen LogP contribution in [0, 0.1) is 5.92 Å². The Hall–Kier alpha value is -1.32. The lowest BCUT2D eigenvalue weighted by molar-refractivity contribution is -0.0505. The van der Waals surface area contributed by atoms with Crippen LogP contribution in [0.1, 0.15) is 18.4 Å². The molecule has 0 saturated heterocycles. The van der Waals surface area contributed by atoms with Crippen LogP contribution in [0.5, 0.6) is 11.5 Å². The quantitative estimate of drug-likeness (QED) is 0.388. The van der Waals surface area contributed by atoms with E-state index >= 15 is 0 Å². The first-order valence-electron chi connectivity index (χ1n) is 7.18. The molecule has 1 fully saturated rings. The zero-order chi connectivity index (χ0) is 15.9. The van der Waals surface area contributed by atoms with Crippen molar-refractivity contribution in [2.75, 3.05) is 20.7 Å². The van der Waals surface area contributed by atoms with E-state index in [1.807, 2.05) is 0 Å². The third kappa shape index (κ3) is 6.76. The van der Waals surface area contributed by atoms with Gasteiger partial charge in [0, 0.05) is 31.8 Å². The first kappa shape index (κ1) is 19.7. The van der Waals surface area contributed by atoms with Gasteiger partial charge in [0.25, 0.3) is 0 Å². The van der Waals surface area contributed by atoms with Crippen LogP contribution < -0.4 is 20.1 Å². The van der Waals surface area contributed by atoms with E-state index in [2.05, 4.69) is 20.4 Å². The molecule has 0 bridgehead atoms. The van der Waals surface area contributed by atoms with Gasteiger partial charge in [0.15, 0.2) is 5.96 Å². The Kier molecular flexibility index (Phi) is 8.35. The predicted octanol–water partition coefficient (Wildman–Crippen LogP) is 2.99. The minimum atomic E-state index is -2.88. The molecule has 1 saturated carbocycles.